The zero-order valence-corrected chi connectivity index (χ0v) is 16.0. The predicted molar refractivity (Wildman–Crippen MR) is 97.2 cm³/mol. The van der Waals surface area contributed by atoms with Crippen LogP contribution in [0.25, 0.3) is 0 Å². The Balaban J connectivity index is 1.68. The summed E-state index contributed by atoms with van der Waals surface area (Å²) in [6.45, 7) is 8.24. The molecule has 3 heterocycles. The van der Waals surface area contributed by atoms with Gasteiger partial charge in [-0.2, -0.15) is 0 Å². The minimum atomic E-state index is -0.528. The first-order valence-corrected chi connectivity index (χ1v) is 9.10. The fraction of sp³-hybridized carbons (Fsp3) is 0.471. The molecule has 1 aliphatic heterocycles. The van der Waals surface area contributed by atoms with E-state index in [-0.39, 0.29) is 12.0 Å². The second-order valence-corrected chi connectivity index (χ2v) is 8.07. The molecule has 0 spiro atoms. The zero-order chi connectivity index (χ0) is 18.9. The summed E-state index contributed by atoms with van der Waals surface area (Å²) in [5, 5.41) is 3.27. The largest absolute Gasteiger partial charge is 0.444 e. The first kappa shape index (κ1) is 18.2. The Kier molecular flexibility index (Phi) is 4.90. The Morgan fingerprint density at radius 3 is 2.77 bits per heavy atom. The average molecular weight is 375 g/mol. The number of carbonyl (C=O) groups is 2. The van der Waals surface area contributed by atoms with Crippen LogP contribution in [0.5, 0.6) is 0 Å². The second kappa shape index (κ2) is 6.99. The van der Waals surface area contributed by atoms with Crippen LogP contribution in [0.2, 0.25) is 0 Å². The first-order valence-electron chi connectivity index (χ1n) is 8.29. The van der Waals surface area contributed by atoms with E-state index in [1.807, 2.05) is 20.8 Å². The molecule has 0 bridgehead atoms. The molecule has 3 rings (SSSR count). The van der Waals surface area contributed by atoms with Gasteiger partial charge in [-0.25, -0.2) is 19.7 Å². The number of aromatic nitrogens is 3. The van der Waals surface area contributed by atoms with Crippen LogP contribution in [-0.2, 0) is 17.7 Å². The number of nitrogens with zero attached hydrogens (tertiary/aromatic N) is 4. The number of hydrogen-bond donors (Lipinski definition) is 1. The molecule has 2 aromatic heterocycles. The van der Waals surface area contributed by atoms with Crippen molar-refractivity contribution in [2.45, 2.75) is 46.3 Å². The van der Waals surface area contributed by atoms with Crippen LogP contribution >= 0.6 is 11.3 Å². The highest BCUT2D eigenvalue weighted by Crippen LogP contribution is 2.29. The van der Waals surface area contributed by atoms with Crippen LogP contribution in [0.3, 0.4) is 0 Å². The van der Waals surface area contributed by atoms with Crippen LogP contribution in [0, 0.1) is 6.92 Å². The van der Waals surface area contributed by atoms with Crippen LogP contribution in [-0.4, -0.2) is 44.0 Å². The molecule has 0 radical (unpaired) electrons. The van der Waals surface area contributed by atoms with Gasteiger partial charge >= 0.3 is 6.09 Å². The lowest BCUT2D eigenvalue weighted by atomic mass is 10.2. The van der Waals surface area contributed by atoms with E-state index in [9.17, 15) is 9.59 Å². The molecule has 9 heteroatoms. The predicted octanol–water partition coefficient (Wildman–Crippen LogP) is 2.79. The molecule has 1 aliphatic rings. The van der Waals surface area contributed by atoms with Gasteiger partial charge in [-0.3, -0.25) is 10.1 Å². The summed E-state index contributed by atoms with van der Waals surface area (Å²) >= 11 is 1.37. The molecule has 0 aliphatic carbocycles. The van der Waals surface area contributed by atoms with Crippen molar-refractivity contribution in [3.05, 3.63) is 34.4 Å². The van der Waals surface area contributed by atoms with E-state index in [2.05, 4.69) is 20.3 Å². The molecule has 138 valence electrons. The topological polar surface area (TPSA) is 97.3 Å². The van der Waals surface area contributed by atoms with Gasteiger partial charge in [-0.1, -0.05) is 11.3 Å². The summed E-state index contributed by atoms with van der Waals surface area (Å²) in [5.41, 5.74) is 0.671. The number of anilines is 1. The van der Waals surface area contributed by atoms with Gasteiger partial charge < -0.3 is 9.64 Å². The van der Waals surface area contributed by atoms with E-state index in [0.717, 1.165) is 10.6 Å². The van der Waals surface area contributed by atoms with Crippen LogP contribution in [0.4, 0.5) is 9.93 Å². The van der Waals surface area contributed by atoms with Crippen molar-refractivity contribution in [1.29, 1.82) is 0 Å². The van der Waals surface area contributed by atoms with Gasteiger partial charge in [0.15, 0.2) is 5.13 Å². The molecule has 26 heavy (non-hydrogen) atoms. The highest BCUT2D eigenvalue weighted by molar-refractivity contribution is 7.15. The van der Waals surface area contributed by atoms with Crippen molar-refractivity contribution in [2.75, 3.05) is 11.9 Å². The van der Waals surface area contributed by atoms with E-state index in [0.29, 0.717) is 36.2 Å². The molecular weight excluding hydrogens is 354 g/mol. The maximum atomic E-state index is 12.3. The molecule has 0 atom stereocenters. The Hall–Kier alpha value is -2.55. The number of ether oxygens (including phenoxy) is 1. The molecule has 8 nitrogen and oxygen atoms in total. The smallest absolute Gasteiger partial charge is 0.410 e. The number of amides is 2. The van der Waals surface area contributed by atoms with Crippen molar-refractivity contribution >= 4 is 28.5 Å². The lowest BCUT2D eigenvalue weighted by Gasteiger charge is -2.29. The molecule has 0 unspecified atom stereocenters. The quantitative estimate of drug-likeness (QED) is 0.867. The van der Waals surface area contributed by atoms with E-state index < -0.39 is 5.60 Å². The van der Waals surface area contributed by atoms with Gasteiger partial charge in [0.05, 0.1) is 12.2 Å². The summed E-state index contributed by atoms with van der Waals surface area (Å²) in [5.74, 6) is 0.203. The minimum absolute atomic E-state index is 0.293. The molecule has 2 aromatic rings. The summed E-state index contributed by atoms with van der Waals surface area (Å²) < 4.78 is 5.42. The average Bonchev–Trinajstić information content (AvgIpc) is 2.94. The van der Waals surface area contributed by atoms with E-state index in [1.54, 1.807) is 24.1 Å². The van der Waals surface area contributed by atoms with Crippen molar-refractivity contribution in [1.82, 2.24) is 19.9 Å². The van der Waals surface area contributed by atoms with Crippen molar-refractivity contribution in [3.63, 3.8) is 0 Å². The number of nitrogens with one attached hydrogen (secondary N) is 1. The Morgan fingerprint density at radius 1 is 1.31 bits per heavy atom. The zero-order valence-electron chi connectivity index (χ0n) is 15.2. The SMILES string of the molecule is Cc1nccc(C(=O)Nc2nc3c(s2)CN(C(=O)OC(C)(C)C)CC3)n1. The molecular formula is C17H21N5O3S. The number of hydrogen-bond acceptors (Lipinski definition) is 7. The van der Waals surface area contributed by atoms with Crippen molar-refractivity contribution in [2.24, 2.45) is 0 Å². The van der Waals surface area contributed by atoms with Crippen LogP contribution < -0.4 is 5.32 Å². The third-order valence-corrected chi connectivity index (χ3v) is 4.61. The van der Waals surface area contributed by atoms with Crippen LogP contribution in [0.1, 0.15) is 47.7 Å². The molecule has 0 aromatic carbocycles. The maximum Gasteiger partial charge on any atom is 0.410 e. The summed E-state index contributed by atoms with van der Waals surface area (Å²) in [4.78, 5) is 39.7. The number of rotatable bonds is 2. The normalized spacial score (nSPS) is 13.9. The van der Waals surface area contributed by atoms with Crippen molar-refractivity contribution < 1.29 is 14.3 Å². The first-order chi connectivity index (χ1) is 12.2. The monoisotopic (exact) mass is 375 g/mol. The van der Waals surface area contributed by atoms with E-state index >= 15 is 0 Å². The van der Waals surface area contributed by atoms with E-state index in [4.69, 9.17) is 4.74 Å². The van der Waals surface area contributed by atoms with Gasteiger partial charge in [0.25, 0.3) is 5.91 Å². The minimum Gasteiger partial charge on any atom is -0.444 e. The lowest BCUT2D eigenvalue weighted by Crippen LogP contribution is -2.39. The fourth-order valence-corrected chi connectivity index (χ4v) is 3.49. The molecule has 0 saturated heterocycles. The van der Waals surface area contributed by atoms with Gasteiger partial charge in [0.1, 0.15) is 17.1 Å². The third kappa shape index (κ3) is 4.34. The van der Waals surface area contributed by atoms with Crippen LogP contribution in [0.15, 0.2) is 12.3 Å². The Bertz CT molecular complexity index is 843. The maximum absolute atomic E-state index is 12.3. The molecule has 0 fully saturated rings. The van der Waals surface area contributed by atoms with Crippen molar-refractivity contribution in [3.8, 4) is 0 Å². The highest BCUT2D eigenvalue weighted by Gasteiger charge is 2.28. The summed E-state index contributed by atoms with van der Waals surface area (Å²) in [7, 11) is 0. The number of aryl methyl sites for hydroxylation is 1. The third-order valence-electron chi connectivity index (χ3n) is 3.61. The molecule has 2 amide bonds. The van der Waals surface area contributed by atoms with Gasteiger partial charge in [0.2, 0.25) is 0 Å². The summed E-state index contributed by atoms with van der Waals surface area (Å²) in [6, 6.07) is 1.56. The van der Waals surface area contributed by atoms with Gasteiger partial charge in [0, 0.05) is 24.0 Å². The Morgan fingerprint density at radius 2 is 2.08 bits per heavy atom. The van der Waals surface area contributed by atoms with Gasteiger partial charge in [-0.15, -0.1) is 0 Å². The number of thiazole rings is 1. The van der Waals surface area contributed by atoms with Gasteiger partial charge in [-0.05, 0) is 33.8 Å². The second-order valence-electron chi connectivity index (χ2n) is 6.98. The highest BCUT2D eigenvalue weighted by atomic mass is 32.1. The summed E-state index contributed by atoms with van der Waals surface area (Å²) in [6.07, 6.45) is 1.84. The van der Waals surface area contributed by atoms with E-state index in [1.165, 1.54) is 11.3 Å². The Labute approximate surface area is 155 Å². The number of fused-ring (bicyclic) bond motifs is 1. The molecule has 0 saturated carbocycles. The fourth-order valence-electron chi connectivity index (χ4n) is 2.48. The standard InChI is InChI=1S/C17H21N5O3S/c1-10-18-7-5-12(19-10)14(23)21-15-20-11-6-8-22(9-13(11)26-15)16(24)25-17(2,3)4/h5,7H,6,8-9H2,1-4H3,(H,20,21,23). The number of carbonyl (C=O) groups excluding carboxylic acids is 2. The molecule has 1 N–H and O–H groups in total. The lowest BCUT2D eigenvalue weighted by molar-refractivity contribution is 0.0225.